The average molecular weight is 984 g/mol. The van der Waals surface area contributed by atoms with E-state index in [9.17, 15) is 0 Å². The summed E-state index contributed by atoms with van der Waals surface area (Å²) in [6.45, 7) is 0. The summed E-state index contributed by atoms with van der Waals surface area (Å²) in [5, 5.41) is 3.73. The SMILES string of the molecule is Cl.c1ccc(Sc2c(Sc3ccccc3)c(Sc3ccccc3)c3c4nc5nc(nc6[nH]c(nc7nc(nc([nH]4)c3c2Sc2ccccc2)-c2ccccc2-7)c2ccccc62)-c2ccccc2-5)cc1. The fraction of sp³-hybridized carbons (Fsp3) is 0. The molecular weight excluding hydrogens is 948 g/mol. The van der Waals surface area contributed by atoms with Crippen LogP contribution in [-0.4, -0.2) is 39.9 Å². The van der Waals surface area contributed by atoms with Gasteiger partial charge in [0.15, 0.2) is 23.3 Å². The molecule has 13 rings (SSSR count). The van der Waals surface area contributed by atoms with E-state index in [-0.39, 0.29) is 12.4 Å². The summed E-state index contributed by atoms with van der Waals surface area (Å²) in [6.07, 6.45) is 0. The highest BCUT2D eigenvalue weighted by atomic mass is 35.5. The largest absolute Gasteiger partial charge is 0.324 e. The van der Waals surface area contributed by atoms with Crippen molar-refractivity contribution in [3.05, 3.63) is 194 Å². The first-order valence-corrected chi connectivity index (χ1v) is 25.2. The van der Waals surface area contributed by atoms with Crippen molar-refractivity contribution >= 4 is 104 Å². The van der Waals surface area contributed by atoms with E-state index in [2.05, 4.69) is 168 Å². The number of benzene rings is 8. The number of nitrogens with one attached hydrogen (secondary N) is 2. The zero-order chi connectivity index (χ0) is 45.0. The first-order chi connectivity index (χ1) is 33.7. The summed E-state index contributed by atoms with van der Waals surface area (Å²) in [6, 6.07) is 66.9. The lowest BCUT2D eigenvalue weighted by Crippen LogP contribution is -1.93. The first-order valence-electron chi connectivity index (χ1n) is 21.9. The molecule has 0 saturated heterocycles. The van der Waals surface area contributed by atoms with Crippen LogP contribution in [0.1, 0.15) is 0 Å². The average Bonchev–Trinajstić information content (AvgIpc) is 4.13. The normalized spacial score (nSPS) is 11.6. The summed E-state index contributed by atoms with van der Waals surface area (Å²) in [5.41, 5.74) is 6.13. The zero-order valence-corrected chi connectivity index (χ0v) is 40.3. The van der Waals surface area contributed by atoms with E-state index in [0.717, 1.165) is 83.0 Å². The number of halogens is 1. The van der Waals surface area contributed by atoms with Gasteiger partial charge in [0, 0.05) is 83.0 Å². The number of aromatic amines is 2. The Bertz CT molecular complexity index is 3680. The molecule has 0 atom stereocenters. The van der Waals surface area contributed by atoms with Gasteiger partial charge >= 0.3 is 0 Å². The summed E-state index contributed by atoms with van der Waals surface area (Å²) in [4.78, 5) is 48.3. The standard InChI is InChI=1S/C56H34N8S4.ClH/c1-5-19-33(20-6-1)65-45-43-44(46(66-34-21-7-2-8-22-34)48(68-36-25-11-4-12-26-36)47(45)67-35-23-9-3-10-24-35)56-63-54-42-32-18-16-30-40(42)52(61-54)59-50-38-28-14-13-27-37(38)49(57-50)58-51-39-29-15-17-31-41(39)53(60-51)62-55(43)64-56;/h1-32H,(H2,57,58,59,60,61,62,63,64);1H. The van der Waals surface area contributed by atoms with Crippen molar-refractivity contribution in [2.24, 2.45) is 0 Å². The van der Waals surface area contributed by atoms with Crippen molar-refractivity contribution < 1.29 is 0 Å². The Kier molecular flexibility index (Phi) is 11.5. The van der Waals surface area contributed by atoms with E-state index in [1.54, 1.807) is 47.0 Å². The number of H-pyrrole nitrogens is 2. The Balaban J connectivity index is 0.00000492. The molecule has 2 aliphatic heterocycles. The molecule has 69 heavy (non-hydrogen) atoms. The summed E-state index contributed by atoms with van der Waals surface area (Å²) in [5.74, 6) is 2.22. The van der Waals surface area contributed by atoms with E-state index >= 15 is 0 Å². The fourth-order valence-corrected chi connectivity index (χ4v) is 13.4. The van der Waals surface area contributed by atoms with Gasteiger partial charge in [0.25, 0.3) is 0 Å². The van der Waals surface area contributed by atoms with Crippen LogP contribution in [0.4, 0.5) is 0 Å². The molecule has 0 unspecified atom stereocenters. The lowest BCUT2D eigenvalue weighted by atomic mass is 10.1. The Morgan fingerprint density at radius 3 is 0.855 bits per heavy atom. The number of hydrogen-bond acceptors (Lipinski definition) is 10. The Morgan fingerprint density at radius 1 is 0.261 bits per heavy atom. The maximum atomic E-state index is 5.59. The minimum atomic E-state index is 0. The van der Waals surface area contributed by atoms with Crippen LogP contribution >= 0.6 is 59.5 Å². The molecule has 0 radical (unpaired) electrons. The fourth-order valence-electron chi connectivity index (χ4n) is 8.59. The van der Waals surface area contributed by atoms with Crippen LogP contribution in [-0.2, 0) is 0 Å². The van der Waals surface area contributed by atoms with Crippen LogP contribution in [0, 0.1) is 0 Å². The van der Waals surface area contributed by atoms with Crippen LogP contribution in [0.25, 0.3) is 89.7 Å². The smallest absolute Gasteiger partial charge is 0.164 e. The molecule has 8 nitrogen and oxygen atoms in total. The molecule has 330 valence electrons. The third-order valence-electron chi connectivity index (χ3n) is 11.7. The number of nitrogens with zero attached hydrogens (tertiary/aromatic N) is 6. The van der Waals surface area contributed by atoms with Gasteiger partial charge in [-0.15, -0.1) is 12.4 Å². The van der Waals surface area contributed by atoms with E-state index in [0.29, 0.717) is 45.9 Å². The van der Waals surface area contributed by atoms with Crippen molar-refractivity contribution in [2.75, 3.05) is 0 Å². The minimum Gasteiger partial charge on any atom is -0.324 e. The van der Waals surface area contributed by atoms with Gasteiger partial charge in [-0.25, -0.2) is 29.9 Å². The molecule has 0 saturated carbocycles. The van der Waals surface area contributed by atoms with Crippen molar-refractivity contribution in [3.8, 4) is 45.6 Å². The summed E-state index contributed by atoms with van der Waals surface area (Å²) < 4.78 is 0. The van der Waals surface area contributed by atoms with Gasteiger partial charge < -0.3 is 9.97 Å². The second-order valence-corrected chi connectivity index (χ2v) is 20.3. The molecule has 8 bridgehead atoms. The molecule has 0 spiro atoms. The Morgan fingerprint density at radius 2 is 0.522 bits per heavy atom. The van der Waals surface area contributed by atoms with Crippen molar-refractivity contribution in [3.63, 3.8) is 0 Å². The van der Waals surface area contributed by atoms with Crippen molar-refractivity contribution in [2.45, 2.75) is 39.2 Å². The third kappa shape index (κ3) is 8.03. The molecule has 13 heteroatoms. The summed E-state index contributed by atoms with van der Waals surface area (Å²) >= 11 is 7.01. The lowest BCUT2D eigenvalue weighted by molar-refractivity contribution is 1.07. The number of rotatable bonds is 8. The molecule has 11 aromatic rings. The van der Waals surface area contributed by atoms with Crippen molar-refractivity contribution in [1.82, 2.24) is 39.9 Å². The molecule has 2 aliphatic rings. The summed E-state index contributed by atoms with van der Waals surface area (Å²) in [7, 11) is 0. The van der Waals surface area contributed by atoms with E-state index in [1.807, 2.05) is 36.4 Å². The van der Waals surface area contributed by atoms with Crippen LogP contribution in [0.2, 0.25) is 0 Å². The molecule has 2 N–H and O–H groups in total. The third-order valence-corrected chi connectivity index (χ3v) is 16.5. The maximum absolute atomic E-state index is 5.59. The molecule has 3 aromatic heterocycles. The molecule has 0 aliphatic carbocycles. The van der Waals surface area contributed by atoms with E-state index in [4.69, 9.17) is 29.9 Å². The van der Waals surface area contributed by atoms with Gasteiger partial charge in [-0.1, -0.05) is 193 Å². The highest BCUT2D eigenvalue weighted by Crippen LogP contribution is 2.56. The van der Waals surface area contributed by atoms with Gasteiger partial charge in [0.05, 0.1) is 0 Å². The van der Waals surface area contributed by atoms with Gasteiger partial charge in [0.1, 0.15) is 22.6 Å². The Labute approximate surface area is 419 Å². The quantitative estimate of drug-likeness (QED) is 0.153. The second-order valence-electron chi connectivity index (χ2n) is 16.0. The zero-order valence-electron chi connectivity index (χ0n) is 36.2. The predicted molar refractivity (Wildman–Crippen MR) is 286 cm³/mol. The minimum absolute atomic E-state index is 0. The van der Waals surface area contributed by atoms with Gasteiger partial charge in [-0.05, 0) is 48.5 Å². The van der Waals surface area contributed by atoms with Crippen LogP contribution < -0.4 is 0 Å². The number of hydrogen-bond donors (Lipinski definition) is 2. The molecule has 0 fully saturated rings. The van der Waals surface area contributed by atoms with Gasteiger partial charge in [-0.2, -0.15) is 0 Å². The van der Waals surface area contributed by atoms with Gasteiger partial charge in [0.2, 0.25) is 0 Å². The molecule has 0 amide bonds. The van der Waals surface area contributed by atoms with Crippen LogP contribution in [0.15, 0.2) is 233 Å². The highest BCUT2D eigenvalue weighted by Gasteiger charge is 2.29. The van der Waals surface area contributed by atoms with Crippen molar-refractivity contribution in [1.29, 1.82) is 0 Å². The van der Waals surface area contributed by atoms with Crippen LogP contribution in [0.5, 0.6) is 0 Å². The molecular formula is C56H35ClN8S4. The molecule has 8 aromatic carbocycles. The second kappa shape index (κ2) is 18.4. The topological polar surface area (TPSA) is 109 Å². The van der Waals surface area contributed by atoms with E-state index < -0.39 is 0 Å². The van der Waals surface area contributed by atoms with Crippen LogP contribution in [0.3, 0.4) is 0 Å². The first kappa shape index (κ1) is 43.1. The highest BCUT2D eigenvalue weighted by molar-refractivity contribution is 8.05. The maximum Gasteiger partial charge on any atom is 0.164 e. The lowest BCUT2D eigenvalue weighted by Gasteiger charge is -2.20. The predicted octanol–water partition coefficient (Wildman–Crippen LogP) is 15.9. The van der Waals surface area contributed by atoms with Gasteiger partial charge in [-0.3, -0.25) is 0 Å². The number of aromatic nitrogens is 8. The van der Waals surface area contributed by atoms with E-state index in [1.165, 1.54) is 0 Å². The molecule has 5 heterocycles. The number of fused-ring (bicyclic) bond motifs is 20. The monoisotopic (exact) mass is 982 g/mol. The Hall–Kier alpha value is -7.19.